The number of carbonyl (C=O) groups is 1. The number of hydrogen-bond acceptors (Lipinski definition) is 4. The van der Waals surface area contributed by atoms with Crippen LogP contribution in [-0.4, -0.2) is 49.5 Å². The number of piperazine rings is 1. The monoisotopic (exact) mass is 392 g/mol. The van der Waals surface area contributed by atoms with E-state index in [1.165, 1.54) is 6.07 Å². The molecule has 148 valence electrons. The Morgan fingerprint density at radius 1 is 1.32 bits per heavy atom. The Morgan fingerprint density at radius 3 is 2.82 bits per heavy atom. The molecule has 1 N–H and O–H groups in total. The number of imidazole rings is 2. The first-order valence-electron chi connectivity index (χ1n) is 8.86. The lowest BCUT2D eigenvalue weighted by atomic mass is 10.1. The molecule has 1 unspecified atom stereocenters. The van der Waals surface area contributed by atoms with E-state index in [1.54, 1.807) is 35.5 Å². The fourth-order valence-electron chi connectivity index (χ4n) is 3.61. The number of hydrogen-bond donors (Lipinski definition) is 1. The smallest absolute Gasteiger partial charge is 0.336 e. The Labute approximate surface area is 158 Å². The number of aromatic nitrogens is 4. The van der Waals surface area contributed by atoms with Gasteiger partial charge in [0.05, 0.1) is 11.0 Å². The highest BCUT2D eigenvalue weighted by Crippen LogP contribution is 2.32. The molecule has 0 saturated carbocycles. The van der Waals surface area contributed by atoms with Gasteiger partial charge in [-0.25, -0.2) is 9.97 Å². The molecule has 2 aromatic heterocycles. The fraction of sp³-hybridized carbons (Fsp3) is 0.389. The third-order valence-corrected chi connectivity index (χ3v) is 4.92. The molecule has 10 heteroatoms. The standard InChI is InChI=1S/C18H19F3N6O/c1-25-8-7-23-16(25)14-10-22-6-9-26(14)15(28)11-27-13-5-3-2-4-12(13)24-17(27)18(19,20)21/h2-5,7-8,14,22H,6,9-11H2,1H3. The van der Waals surface area contributed by atoms with Gasteiger partial charge in [-0.3, -0.25) is 4.79 Å². The van der Waals surface area contributed by atoms with E-state index >= 15 is 0 Å². The van der Waals surface area contributed by atoms with Gasteiger partial charge in [0, 0.05) is 39.1 Å². The Hall–Kier alpha value is -2.88. The predicted octanol–water partition coefficient (Wildman–Crippen LogP) is 1.96. The number of nitrogens with one attached hydrogen (secondary N) is 1. The third kappa shape index (κ3) is 3.24. The molecule has 7 nitrogen and oxygen atoms in total. The van der Waals surface area contributed by atoms with E-state index in [-0.39, 0.29) is 17.1 Å². The molecule has 1 saturated heterocycles. The van der Waals surface area contributed by atoms with Gasteiger partial charge in [-0.1, -0.05) is 12.1 Å². The number of aryl methyl sites for hydroxylation is 1. The zero-order chi connectivity index (χ0) is 19.9. The molecule has 3 aromatic rings. The summed E-state index contributed by atoms with van der Waals surface area (Å²) < 4.78 is 43.3. The first-order valence-corrected chi connectivity index (χ1v) is 8.86. The molecule has 0 aliphatic carbocycles. The number of alkyl halides is 3. The van der Waals surface area contributed by atoms with Crippen molar-refractivity contribution in [2.75, 3.05) is 19.6 Å². The minimum absolute atomic E-state index is 0.212. The lowest BCUT2D eigenvalue weighted by Crippen LogP contribution is -2.50. The maximum atomic E-state index is 13.5. The van der Waals surface area contributed by atoms with Crippen LogP contribution in [0.5, 0.6) is 0 Å². The van der Waals surface area contributed by atoms with Crippen molar-refractivity contribution in [2.24, 2.45) is 7.05 Å². The van der Waals surface area contributed by atoms with E-state index in [1.807, 2.05) is 11.6 Å². The first-order chi connectivity index (χ1) is 13.4. The first kappa shape index (κ1) is 18.5. The van der Waals surface area contributed by atoms with Crippen LogP contribution < -0.4 is 5.32 Å². The van der Waals surface area contributed by atoms with E-state index < -0.39 is 24.5 Å². The van der Waals surface area contributed by atoms with Gasteiger partial charge in [-0.15, -0.1) is 0 Å². The van der Waals surface area contributed by atoms with Gasteiger partial charge in [0.2, 0.25) is 11.7 Å². The Kier molecular flexibility index (Phi) is 4.58. The van der Waals surface area contributed by atoms with Crippen molar-refractivity contribution in [2.45, 2.75) is 18.8 Å². The van der Waals surface area contributed by atoms with Crippen LogP contribution in [0.15, 0.2) is 36.7 Å². The van der Waals surface area contributed by atoms with Crippen LogP contribution in [-0.2, 0) is 24.6 Å². The Bertz CT molecular complexity index is 1010. The molecule has 1 aromatic carbocycles. The lowest BCUT2D eigenvalue weighted by Gasteiger charge is -2.36. The van der Waals surface area contributed by atoms with Gasteiger partial charge in [-0.05, 0) is 12.1 Å². The lowest BCUT2D eigenvalue weighted by molar-refractivity contribution is -0.148. The molecule has 1 amide bonds. The highest BCUT2D eigenvalue weighted by molar-refractivity contribution is 5.81. The second kappa shape index (κ2) is 6.93. The highest BCUT2D eigenvalue weighted by atomic mass is 19.4. The SMILES string of the molecule is Cn1ccnc1C1CNCCN1C(=O)Cn1c(C(F)(F)F)nc2ccccc21. The van der Waals surface area contributed by atoms with Crippen molar-refractivity contribution in [3.63, 3.8) is 0 Å². The summed E-state index contributed by atoms with van der Waals surface area (Å²) in [7, 11) is 1.82. The maximum absolute atomic E-state index is 13.5. The molecule has 0 bridgehead atoms. The third-order valence-electron chi connectivity index (χ3n) is 4.92. The fourth-order valence-corrected chi connectivity index (χ4v) is 3.61. The zero-order valence-electron chi connectivity index (χ0n) is 15.1. The highest BCUT2D eigenvalue weighted by Gasteiger charge is 2.39. The maximum Gasteiger partial charge on any atom is 0.449 e. The van der Waals surface area contributed by atoms with E-state index in [2.05, 4.69) is 15.3 Å². The van der Waals surface area contributed by atoms with Crippen molar-refractivity contribution < 1.29 is 18.0 Å². The van der Waals surface area contributed by atoms with Crippen LogP contribution in [0.25, 0.3) is 11.0 Å². The van der Waals surface area contributed by atoms with Gasteiger partial charge in [0.15, 0.2) is 0 Å². The zero-order valence-corrected chi connectivity index (χ0v) is 15.1. The number of halogens is 3. The minimum Gasteiger partial charge on any atom is -0.336 e. The van der Waals surface area contributed by atoms with E-state index in [9.17, 15) is 18.0 Å². The Balaban J connectivity index is 1.69. The summed E-state index contributed by atoms with van der Waals surface area (Å²) in [6.45, 7) is 1.03. The number of carbonyl (C=O) groups excluding carboxylic acids is 1. The second-order valence-electron chi connectivity index (χ2n) is 6.71. The van der Waals surface area contributed by atoms with Gasteiger partial charge in [0.25, 0.3) is 0 Å². The van der Waals surface area contributed by atoms with Crippen molar-refractivity contribution in [3.8, 4) is 0 Å². The van der Waals surface area contributed by atoms with Crippen LogP contribution in [0.2, 0.25) is 0 Å². The largest absolute Gasteiger partial charge is 0.449 e. The predicted molar refractivity (Wildman–Crippen MR) is 95.3 cm³/mol. The number of amides is 1. The van der Waals surface area contributed by atoms with Gasteiger partial charge in [-0.2, -0.15) is 13.2 Å². The average molecular weight is 392 g/mol. The normalized spacial score (nSPS) is 18.0. The number of rotatable bonds is 3. The number of para-hydroxylation sites is 2. The van der Waals surface area contributed by atoms with Crippen molar-refractivity contribution in [1.29, 1.82) is 0 Å². The second-order valence-corrected chi connectivity index (χ2v) is 6.71. The van der Waals surface area contributed by atoms with Crippen molar-refractivity contribution >= 4 is 16.9 Å². The van der Waals surface area contributed by atoms with Crippen LogP contribution in [0, 0.1) is 0 Å². The molecule has 1 fully saturated rings. The summed E-state index contributed by atoms with van der Waals surface area (Å²) in [5, 5.41) is 3.21. The number of nitrogens with zero attached hydrogens (tertiary/aromatic N) is 5. The Morgan fingerprint density at radius 2 is 2.11 bits per heavy atom. The summed E-state index contributed by atoms with van der Waals surface area (Å²) in [5.74, 6) is -0.777. The van der Waals surface area contributed by atoms with Gasteiger partial charge < -0.3 is 19.4 Å². The van der Waals surface area contributed by atoms with Crippen LogP contribution >= 0.6 is 0 Å². The van der Waals surface area contributed by atoms with Crippen molar-refractivity contribution in [1.82, 2.24) is 29.3 Å². The summed E-state index contributed by atoms with van der Waals surface area (Å²) in [6.07, 6.45) is -1.24. The van der Waals surface area contributed by atoms with Gasteiger partial charge in [0.1, 0.15) is 18.4 Å². The van der Waals surface area contributed by atoms with Crippen LogP contribution in [0.4, 0.5) is 13.2 Å². The summed E-state index contributed by atoms with van der Waals surface area (Å²) >= 11 is 0. The van der Waals surface area contributed by atoms with E-state index in [0.717, 1.165) is 4.57 Å². The van der Waals surface area contributed by atoms with Crippen LogP contribution in [0.1, 0.15) is 17.7 Å². The van der Waals surface area contributed by atoms with Gasteiger partial charge >= 0.3 is 6.18 Å². The molecule has 3 heterocycles. The van der Waals surface area contributed by atoms with Crippen molar-refractivity contribution in [3.05, 3.63) is 48.3 Å². The quantitative estimate of drug-likeness (QED) is 0.740. The molecule has 0 radical (unpaired) electrons. The summed E-state index contributed by atoms with van der Waals surface area (Å²) in [4.78, 5) is 22.7. The molecule has 28 heavy (non-hydrogen) atoms. The molecular weight excluding hydrogens is 373 g/mol. The average Bonchev–Trinajstić information content (AvgIpc) is 3.25. The number of benzene rings is 1. The van der Waals surface area contributed by atoms with Crippen LogP contribution in [0.3, 0.4) is 0 Å². The molecule has 1 aliphatic heterocycles. The molecular formula is C18H19F3N6O. The minimum atomic E-state index is -4.65. The molecule has 0 spiro atoms. The number of fused-ring (bicyclic) bond motifs is 1. The topological polar surface area (TPSA) is 68.0 Å². The van der Waals surface area contributed by atoms with E-state index in [0.29, 0.717) is 25.5 Å². The summed E-state index contributed by atoms with van der Waals surface area (Å²) in [5.41, 5.74) is 0.496. The van der Waals surface area contributed by atoms with E-state index in [4.69, 9.17) is 0 Å². The molecule has 1 atom stereocenters. The molecule has 1 aliphatic rings. The summed E-state index contributed by atoms with van der Waals surface area (Å²) in [6, 6.07) is 5.96. The molecule has 4 rings (SSSR count).